The number of rotatable bonds is 3. The van der Waals surface area contributed by atoms with E-state index in [1.807, 2.05) is 13.8 Å². The highest BCUT2D eigenvalue weighted by atomic mass is 35.5. The maximum atomic E-state index is 10.9. The van der Waals surface area contributed by atoms with Crippen LogP contribution in [-0.4, -0.2) is 23.9 Å². The quantitative estimate of drug-likeness (QED) is 0.581. The SMILES string of the molecule is CC(C)NC(=O)[C@@H](N)CCl. The van der Waals surface area contributed by atoms with Gasteiger partial charge in [-0.05, 0) is 13.8 Å². The summed E-state index contributed by atoms with van der Waals surface area (Å²) in [5.41, 5.74) is 5.32. The Labute approximate surface area is 65.9 Å². The summed E-state index contributed by atoms with van der Waals surface area (Å²) in [6.07, 6.45) is 0. The molecule has 0 aromatic carbocycles. The zero-order valence-electron chi connectivity index (χ0n) is 6.23. The van der Waals surface area contributed by atoms with Crippen LogP contribution in [0.15, 0.2) is 0 Å². The fourth-order valence-electron chi connectivity index (χ4n) is 0.462. The molecule has 0 rings (SSSR count). The minimum atomic E-state index is -0.580. The lowest BCUT2D eigenvalue weighted by Crippen LogP contribution is -2.44. The van der Waals surface area contributed by atoms with Crippen molar-refractivity contribution in [1.82, 2.24) is 5.32 Å². The van der Waals surface area contributed by atoms with E-state index in [1.54, 1.807) is 0 Å². The topological polar surface area (TPSA) is 55.1 Å². The maximum absolute atomic E-state index is 10.9. The van der Waals surface area contributed by atoms with Crippen LogP contribution in [0.2, 0.25) is 0 Å². The van der Waals surface area contributed by atoms with Gasteiger partial charge in [-0.15, -0.1) is 11.6 Å². The van der Waals surface area contributed by atoms with Gasteiger partial charge in [0.2, 0.25) is 5.91 Å². The predicted octanol–water partition coefficient (Wildman–Crippen LogP) is 0.0771. The van der Waals surface area contributed by atoms with Crippen molar-refractivity contribution in [2.45, 2.75) is 25.9 Å². The third-order valence-corrected chi connectivity index (χ3v) is 1.27. The lowest BCUT2D eigenvalue weighted by atomic mass is 10.3. The van der Waals surface area contributed by atoms with Crippen molar-refractivity contribution in [2.24, 2.45) is 5.73 Å². The molecular weight excluding hydrogens is 152 g/mol. The first-order valence-corrected chi connectivity index (χ1v) is 3.73. The van der Waals surface area contributed by atoms with Crippen LogP contribution in [0.3, 0.4) is 0 Å². The minimum absolute atomic E-state index is 0.127. The second-order valence-electron chi connectivity index (χ2n) is 2.42. The van der Waals surface area contributed by atoms with Gasteiger partial charge < -0.3 is 11.1 Å². The largest absolute Gasteiger partial charge is 0.353 e. The van der Waals surface area contributed by atoms with E-state index < -0.39 is 6.04 Å². The number of carbonyl (C=O) groups excluding carboxylic acids is 1. The van der Waals surface area contributed by atoms with Gasteiger partial charge in [0.15, 0.2) is 0 Å². The molecule has 0 saturated carbocycles. The summed E-state index contributed by atoms with van der Waals surface area (Å²) in [5, 5.41) is 2.65. The molecule has 0 aromatic rings. The zero-order valence-corrected chi connectivity index (χ0v) is 6.98. The van der Waals surface area contributed by atoms with Crippen molar-refractivity contribution in [1.29, 1.82) is 0 Å². The van der Waals surface area contributed by atoms with E-state index in [1.165, 1.54) is 0 Å². The van der Waals surface area contributed by atoms with Crippen molar-refractivity contribution >= 4 is 17.5 Å². The molecule has 0 aromatic heterocycles. The average Bonchev–Trinajstić information content (AvgIpc) is 1.85. The van der Waals surface area contributed by atoms with Crippen LogP contribution in [0, 0.1) is 0 Å². The monoisotopic (exact) mass is 164 g/mol. The Hall–Kier alpha value is -0.280. The number of nitrogens with two attached hydrogens (primary N) is 1. The molecular formula is C6H13ClN2O. The molecule has 1 amide bonds. The van der Waals surface area contributed by atoms with Crippen molar-refractivity contribution in [2.75, 3.05) is 5.88 Å². The molecule has 0 unspecified atom stereocenters. The van der Waals surface area contributed by atoms with Crippen LogP contribution in [-0.2, 0) is 4.79 Å². The van der Waals surface area contributed by atoms with Gasteiger partial charge in [-0.2, -0.15) is 0 Å². The predicted molar refractivity (Wildman–Crippen MR) is 42.0 cm³/mol. The first-order valence-electron chi connectivity index (χ1n) is 3.20. The number of carbonyl (C=O) groups is 1. The van der Waals surface area contributed by atoms with E-state index in [4.69, 9.17) is 17.3 Å². The van der Waals surface area contributed by atoms with Crippen molar-refractivity contribution in [3.05, 3.63) is 0 Å². The molecule has 0 aliphatic rings. The lowest BCUT2D eigenvalue weighted by Gasteiger charge is -2.11. The Kier molecular flexibility index (Phi) is 4.40. The Morgan fingerprint density at radius 1 is 1.70 bits per heavy atom. The molecule has 4 heteroatoms. The average molecular weight is 165 g/mol. The summed E-state index contributed by atoms with van der Waals surface area (Å²) < 4.78 is 0. The number of hydrogen-bond donors (Lipinski definition) is 2. The molecule has 3 N–H and O–H groups in total. The normalized spacial score (nSPS) is 13.3. The Morgan fingerprint density at radius 2 is 2.20 bits per heavy atom. The van der Waals surface area contributed by atoms with E-state index in [0.717, 1.165) is 0 Å². The summed E-state index contributed by atoms with van der Waals surface area (Å²) >= 11 is 5.34. The van der Waals surface area contributed by atoms with Crippen LogP contribution >= 0.6 is 11.6 Å². The summed E-state index contributed by atoms with van der Waals surface area (Å²) in [5.74, 6) is -0.0246. The summed E-state index contributed by atoms with van der Waals surface area (Å²) in [6.45, 7) is 3.75. The van der Waals surface area contributed by atoms with Gasteiger partial charge >= 0.3 is 0 Å². The number of hydrogen-bond acceptors (Lipinski definition) is 2. The molecule has 0 bridgehead atoms. The highest BCUT2D eigenvalue weighted by Crippen LogP contribution is 1.85. The van der Waals surface area contributed by atoms with Crippen LogP contribution in [0.5, 0.6) is 0 Å². The van der Waals surface area contributed by atoms with Gasteiger partial charge in [-0.3, -0.25) is 4.79 Å². The maximum Gasteiger partial charge on any atom is 0.238 e. The molecule has 0 spiro atoms. The fraction of sp³-hybridized carbons (Fsp3) is 0.833. The molecule has 60 valence electrons. The zero-order chi connectivity index (χ0) is 8.15. The third-order valence-electron chi connectivity index (χ3n) is 0.934. The van der Waals surface area contributed by atoms with E-state index in [9.17, 15) is 4.79 Å². The van der Waals surface area contributed by atoms with Crippen molar-refractivity contribution in [3.63, 3.8) is 0 Å². The van der Waals surface area contributed by atoms with Crippen LogP contribution < -0.4 is 11.1 Å². The Balaban J connectivity index is 3.62. The fourth-order valence-corrected chi connectivity index (χ4v) is 0.602. The molecule has 0 saturated heterocycles. The third kappa shape index (κ3) is 3.69. The van der Waals surface area contributed by atoms with E-state index >= 15 is 0 Å². The highest BCUT2D eigenvalue weighted by Gasteiger charge is 2.11. The molecule has 0 heterocycles. The summed E-state index contributed by atoms with van der Waals surface area (Å²) in [7, 11) is 0. The molecule has 0 radical (unpaired) electrons. The molecule has 0 fully saturated rings. The van der Waals surface area contributed by atoms with Crippen LogP contribution in [0.1, 0.15) is 13.8 Å². The van der Waals surface area contributed by atoms with Crippen LogP contribution in [0.25, 0.3) is 0 Å². The molecule has 10 heavy (non-hydrogen) atoms. The number of nitrogens with one attached hydrogen (secondary N) is 1. The summed E-state index contributed by atoms with van der Waals surface area (Å²) in [6, 6.07) is -0.453. The van der Waals surface area contributed by atoms with E-state index in [0.29, 0.717) is 0 Å². The van der Waals surface area contributed by atoms with Gasteiger partial charge in [0.05, 0.1) is 6.04 Å². The van der Waals surface area contributed by atoms with Gasteiger partial charge in [-0.25, -0.2) is 0 Å². The van der Waals surface area contributed by atoms with Crippen LogP contribution in [0.4, 0.5) is 0 Å². The number of alkyl halides is 1. The standard InChI is InChI=1S/C6H13ClN2O/c1-4(2)9-6(10)5(8)3-7/h4-5H,3,8H2,1-2H3,(H,9,10)/t5-/m0/s1. The lowest BCUT2D eigenvalue weighted by molar-refractivity contribution is -0.122. The first kappa shape index (κ1) is 9.72. The van der Waals surface area contributed by atoms with Crippen molar-refractivity contribution in [3.8, 4) is 0 Å². The van der Waals surface area contributed by atoms with E-state index in [-0.39, 0.29) is 17.8 Å². The smallest absolute Gasteiger partial charge is 0.238 e. The molecule has 0 aliphatic carbocycles. The second kappa shape index (κ2) is 4.52. The summed E-state index contributed by atoms with van der Waals surface area (Å²) in [4.78, 5) is 10.9. The van der Waals surface area contributed by atoms with Gasteiger partial charge in [0, 0.05) is 11.9 Å². The molecule has 0 aliphatic heterocycles. The number of halogens is 1. The Bertz CT molecular complexity index is 116. The van der Waals surface area contributed by atoms with Gasteiger partial charge in [-0.1, -0.05) is 0 Å². The van der Waals surface area contributed by atoms with Gasteiger partial charge in [0.1, 0.15) is 0 Å². The van der Waals surface area contributed by atoms with Crippen molar-refractivity contribution < 1.29 is 4.79 Å². The molecule has 3 nitrogen and oxygen atoms in total. The first-order chi connectivity index (χ1) is 4.57. The highest BCUT2D eigenvalue weighted by molar-refractivity contribution is 6.19. The molecule has 1 atom stereocenters. The van der Waals surface area contributed by atoms with Gasteiger partial charge in [0.25, 0.3) is 0 Å². The van der Waals surface area contributed by atoms with E-state index in [2.05, 4.69) is 5.32 Å². The number of amides is 1. The minimum Gasteiger partial charge on any atom is -0.353 e. The Morgan fingerprint density at radius 3 is 2.50 bits per heavy atom. The second-order valence-corrected chi connectivity index (χ2v) is 2.73.